The van der Waals surface area contributed by atoms with E-state index in [-0.39, 0.29) is 18.8 Å². The van der Waals surface area contributed by atoms with Crippen molar-refractivity contribution in [2.45, 2.75) is 57.1 Å². The first-order chi connectivity index (χ1) is 11.0. The maximum absolute atomic E-state index is 12.3. The van der Waals surface area contributed by atoms with Gasteiger partial charge in [-0.25, -0.2) is 4.79 Å². The van der Waals surface area contributed by atoms with Gasteiger partial charge in [-0.3, -0.25) is 9.59 Å². The summed E-state index contributed by atoms with van der Waals surface area (Å²) < 4.78 is 5.27. The van der Waals surface area contributed by atoms with E-state index < -0.39 is 29.8 Å². The smallest absolute Gasteiger partial charge is 0.326 e. The lowest BCUT2D eigenvalue weighted by molar-refractivity contribution is -0.145. The number of ketones is 1. The number of hydrogen-bond donors (Lipinski definition) is 2. The molecule has 0 aromatic rings. The largest absolute Gasteiger partial charge is 0.480 e. The van der Waals surface area contributed by atoms with E-state index in [1.807, 2.05) is 0 Å². The average molecular weight is 325 g/mol. The van der Waals surface area contributed by atoms with Gasteiger partial charge in [0, 0.05) is 13.5 Å². The van der Waals surface area contributed by atoms with Crippen LogP contribution in [0.15, 0.2) is 0 Å². The number of carboxylic acid groups (broad SMARTS) is 1. The highest BCUT2D eigenvalue weighted by Gasteiger charge is 2.32. The molecule has 128 valence electrons. The van der Waals surface area contributed by atoms with Crippen LogP contribution < -0.4 is 5.32 Å². The van der Waals surface area contributed by atoms with Crippen LogP contribution in [0.1, 0.15) is 44.9 Å². The zero-order valence-corrected chi connectivity index (χ0v) is 13.2. The molecule has 0 spiro atoms. The number of amides is 1. The normalized spacial score (nSPS) is 17.6. The lowest BCUT2D eigenvalue weighted by Crippen LogP contribution is -2.48. The Hall–Kier alpha value is -2.05. The van der Waals surface area contributed by atoms with Crippen LogP contribution in [0.2, 0.25) is 0 Å². The molecule has 0 aromatic carbocycles. The highest BCUT2D eigenvalue weighted by atomic mass is 16.5. The fourth-order valence-electron chi connectivity index (χ4n) is 2.88. The minimum absolute atomic E-state index is 0.0764. The number of hydrogen-bond acceptors (Lipinski definition) is 4. The average Bonchev–Trinajstić information content (AvgIpc) is 2.53. The van der Waals surface area contributed by atoms with E-state index in [0.29, 0.717) is 6.21 Å². The number of aliphatic carboxylic acids is 1. The summed E-state index contributed by atoms with van der Waals surface area (Å²) >= 11 is 0. The third-order valence-corrected chi connectivity index (χ3v) is 4.09. The van der Waals surface area contributed by atoms with Gasteiger partial charge in [0.1, 0.15) is 12.1 Å². The lowest BCUT2D eigenvalue weighted by Gasteiger charge is -2.29. The summed E-state index contributed by atoms with van der Waals surface area (Å²) in [5, 5.41) is 11.6. The number of carboxylic acids is 1. The lowest BCUT2D eigenvalue weighted by atomic mass is 9.84. The third kappa shape index (κ3) is 6.30. The molecule has 0 heterocycles. The first-order valence-electron chi connectivity index (χ1n) is 7.75. The van der Waals surface area contributed by atoms with Crippen LogP contribution in [0.25, 0.3) is 5.53 Å². The van der Waals surface area contributed by atoms with Crippen LogP contribution in [0.4, 0.5) is 0 Å². The van der Waals surface area contributed by atoms with Gasteiger partial charge in [0.25, 0.3) is 0 Å². The second kappa shape index (κ2) is 9.86. The van der Waals surface area contributed by atoms with Crippen molar-refractivity contribution < 1.29 is 29.0 Å². The molecule has 1 amide bonds. The minimum Gasteiger partial charge on any atom is -0.480 e. The topological polar surface area (TPSA) is 129 Å². The van der Waals surface area contributed by atoms with E-state index in [0.717, 1.165) is 32.1 Å². The maximum atomic E-state index is 12.3. The molecular weight excluding hydrogens is 302 g/mol. The summed E-state index contributed by atoms with van der Waals surface area (Å²) in [4.78, 5) is 37.4. The number of carbonyl (C=O) groups excluding carboxylic acids is 2. The van der Waals surface area contributed by atoms with Gasteiger partial charge >= 0.3 is 12.2 Å². The summed E-state index contributed by atoms with van der Waals surface area (Å²) in [6, 6.07) is -1.18. The van der Waals surface area contributed by atoms with Crippen molar-refractivity contribution in [2.75, 3.05) is 7.11 Å². The molecular formula is C15H23N3O5. The molecule has 2 atom stereocenters. The SMILES string of the molecule is COC(C(=O)NC(CCC(=O)C=[N+]=[N-])C(=O)O)C1CCCCC1. The zero-order chi connectivity index (χ0) is 17.2. The number of nitrogens with one attached hydrogen (secondary N) is 1. The van der Waals surface area contributed by atoms with Crippen LogP contribution in [-0.2, 0) is 19.1 Å². The number of nitrogens with zero attached hydrogens (tertiary/aromatic N) is 2. The van der Waals surface area contributed by atoms with E-state index >= 15 is 0 Å². The molecule has 1 fully saturated rings. The number of Topliss-reactive ketones (excluding diaryl/α,β-unsaturated/α-hetero) is 1. The van der Waals surface area contributed by atoms with E-state index in [9.17, 15) is 19.5 Å². The molecule has 1 rings (SSSR count). The van der Waals surface area contributed by atoms with Gasteiger partial charge in [-0.1, -0.05) is 19.3 Å². The van der Waals surface area contributed by atoms with Crippen molar-refractivity contribution in [1.82, 2.24) is 5.32 Å². The van der Waals surface area contributed by atoms with Gasteiger partial charge in [-0.2, -0.15) is 4.79 Å². The van der Waals surface area contributed by atoms with Gasteiger partial charge in [0.15, 0.2) is 0 Å². The van der Waals surface area contributed by atoms with Crippen molar-refractivity contribution in [3.63, 3.8) is 0 Å². The van der Waals surface area contributed by atoms with Crippen molar-refractivity contribution in [1.29, 1.82) is 0 Å². The standard InChI is InChI=1S/C15H23N3O5/c1-23-13(10-5-3-2-4-6-10)14(20)18-12(15(21)22)8-7-11(19)9-17-16/h9-10,12-13H,2-8H2,1H3,(H,18,20)(H,21,22). The Kier molecular flexibility index (Phi) is 8.15. The maximum Gasteiger partial charge on any atom is 0.326 e. The van der Waals surface area contributed by atoms with E-state index in [1.165, 1.54) is 7.11 Å². The monoisotopic (exact) mass is 325 g/mol. The predicted molar refractivity (Wildman–Crippen MR) is 80.9 cm³/mol. The number of methoxy groups -OCH3 is 1. The summed E-state index contributed by atoms with van der Waals surface area (Å²) in [5.74, 6) is -2.10. The number of ether oxygens (including phenoxy) is 1. The molecule has 1 aliphatic rings. The van der Waals surface area contributed by atoms with Crippen molar-refractivity contribution in [3.05, 3.63) is 5.53 Å². The Morgan fingerprint density at radius 1 is 1.35 bits per heavy atom. The van der Waals surface area contributed by atoms with Crippen molar-refractivity contribution in [3.8, 4) is 0 Å². The Bertz CT molecular complexity index is 482. The van der Waals surface area contributed by atoms with Crippen LogP contribution in [0, 0.1) is 5.92 Å². The van der Waals surface area contributed by atoms with Gasteiger partial charge in [0.05, 0.1) is 0 Å². The molecule has 8 nitrogen and oxygen atoms in total. The van der Waals surface area contributed by atoms with Gasteiger partial charge in [0.2, 0.25) is 11.7 Å². The van der Waals surface area contributed by atoms with Crippen LogP contribution in [-0.4, -0.2) is 53.0 Å². The van der Waals surface area contributed by atoms with Crippen molar-refractivity contribution in [2.24, 2.45) is 5.92 Å². The van der Waals surface area contributed by atoms with Crippen molar-refractivity contribution >= 4 is 23.9 Å². The molecule has 0 saturated heterocycles. The molecule has 2 unspecified atom stereocenters. The molecule has 23 heavy (non-hydrogen) atoms. The molecule has 1 aliphatic carbocycles. The molecule has 0 bridgehead atoms. The fourth-order valence-corrected chi connectivity index (χ4v) is 2.88. The van der Waals surface area contributed by atoms with Crippen LogP contribution in [0.5, 0.6) is 0 Å². The molecule has 1 saturated carbocycles. The second-order valence-electron chi connectivity index (χ2n) is 5.70. The molecule has 0 aliphatic heterocycles. The second-order valence-corrected chi connectivity index (χ2v) is 5.70. The third-order valence-electron chi connectivity index (χ3n) is 4.09. The highest BCUT2D eigenvalue weighted by Crippen LogP contribution is 2.28. The quantitative estimate of drug-likeness (QED) is 0.368. The van der Waals surface area contributed by atoms with Crippen LogP contribution in [0.3, 0.4) is 0 Å². The summed E-state index contributed by atoms with van der Waals surface area (Å²) in [5.41, 5.74) is 8.25. The van der Waals surface area contributed by atoms with E-state index in [1.54, 1.807) is 0 Å². The summed E-state index contributed by atoms with van der Waals surface area (Å²) in [6.45, 7) is 0. The Balaban J connectivity index is 2.62. The van der Waals surface area contributed by atoms with Gasteiger partial charge in [-0.05, 0) is 25.2 Å². The summed E-state index contributed by atoms with van der Waals surface area (Å²) in [7, 11) is 1.44. The molecule has 2 N–H and O–H groups in total. The van der Waals surface area contributed by atoms with Crippen LogP contribution >= 0.6 is 0 Å². The Morgan fingerprint density at radius 2 is 2.00 bits per heavy atom. The first-order valence-corrected chi connectivity index (χ1v) is 7.75. The predicted octanol–water partition coefficient (Wildman–Crippen LogP) is 0.801. The minimum atomic E-state index is -1.22. The number of carbonyl (C=O) groups is 3. The fraction of sp³-hybridized carbons (Fsp3) is 0.733. The first kappa shape index (κ1) is 19.0. The molecule has 0 radical (unpaired) electrons. The molecule has 0 aromatic heterocycles. The highest BCUT2D eigenvalue weighted by molar-refractivity contribution is 6.25. The zero-order valence-electron chi connectivity index (χ0n) is 13.2. The summed E-state index contributed by atoms with van der Waals surface area (Å²) in [6.07, 6.45) is 4.80. The van der Waals surface area contributed by atoms with E-state index in [4.69, 9.17) is 10.3 Å². The number of rotatable bonds is 9. The van der Waals surface area contributed by atoms with Gasteiger partial charge in [-0.15, -0.1) is 0 Å². The van der Waals surface area contributed by atoms with Gasteiger partial charge < -0.3 is 20.7 Å². The Morgan fingerprint density at radius 3 is 2.52 bits per heavy atom. The van der Waals surface area contributed by atoms with E-state index in [2.05, 4.69) is 10.1 Å². The Labute approximate surface area is 134 Å². The molecule has 8 heteroatoms.